The fraction of sp³-hybridized carbons (Fsp3) is 0.375. The Morgan fingerprint density at radius 1 is 1.21 bits per heavy atom. The number of aryl methyl sites for hydroxylation is 1. The van der Waals surface area contributed by atoms with E-state index in [1.165, 1.54) is 0 Å². The lowest BCUT2D eigenvalue weighted by molar-refractivity contribution is -0.121. The van der Waals surface area contributed by atoms with E-state index in [1.807, 2.05) is 30.3 Å². The van der Waals surface area contributed by atoms with Gasteiger partial charge in [0.15, 0.2) is 0 Å². The molecule has 0 aliphatic rings. The molecule has 1 N–H and O–H groups in total. The first-order valence-corrected chi connectivity index (χ1v) is 6.76. The molecule has 100 valence electrons. The second-order valence-electron chi connectivity index (χ2n) is 5.19. The third-order valence-corrected chi connectivity index (χ3v) is 2.97. The van der Waals surface area contributed by atoms with E-state index in [2.05, 4.69) is 30.2 Å². The molecule has 19 heavy (non-hydrogen) atoms. The van der Waals surface area contributed by atoms with E-state index in [4.69, 9.17) is 0 Å². The first-order chi connectivity index (χ1) is 9.15. The van der Waals surface area contributed by atoms with E-state index >= 15 is 0 Å². The summed E-state index contributed by atoms with van der Waals surface area (Å²) in [5.74, 6) is 0.589. The Bertz CT molecular complexity index is 563. The quantitative estimate of drug-likeness (QED) is 0.893. The molecular weight excluding hydrogens is 236 g/mol. The van der Waals surface area contributed by atoms with Crippen LogP contribution >= 0.6 is 0 Å². The lowest BCUT2D eigenvalue weighted by atomic mass is 10.1. The fourth-order valence-electron chi connectivity index (χ4n) is 1.90. The smallest absolute Gasteiger partial charge is 0.220 e. The van der Waals surface area contributed by atoms with Crippen molar-refractivity contribution in [2.75, 3.05) is 6.54 Å². The maximum absolute atomic E-state index is 11.6. The number of amides is 1. The second kappa shape index (κ2) is 6.32. The number of hydrogen-bond donors (Lipinski definition) is 1. The average molecular weight is 256 g/mol. The van der Waals surface area contributed by atoms with Gasteiger partial charge in [0.1, 0.15) is 0 Å². The van der Waals surface area contributed by atoms with Crippen molar-refractivity contribution in [2.24, 2.45) is 5.92 Å². The van der Waals surface area contributed by atoms with Crippen LogP contribution in [0.25, 0.3) is 10.9 Å². The minimum atomic E-state index is 0.101. The number of rotatable bonds is 5. The van der Waals surface area contributed by atoms with Gasteiger partial charge in [-0.05, 0) is 24.5 Å². The van der Waals surface area contributed by atoms with Crippen LogP contribution in [-0.4, -0.2) is 17.4 Å². The summed E-state index contributed by atoms with van der Waals surface area (Å²) >= 11 is 0. The Labute approximate surface area is 114 Å². The topological polar surface area (TPSA) is 42.0 Å². The van der Waals surface area contributed by atoms with E-state index in [1.54, 1.807) is 0 Å². The summed E-state index contributed by atoms with van der Waals surface area (Å²) in [6.45, 7) is 4.92. The van der Waals surface area contributed by atoms with Crippen LogP contribution in [0.1, 0.15) is 26.0 Å². The molecule has 2 aromatic rings. The number of para-hydroxylation sites is 1. The van der Waals surface area contributed by atoms with E-state index in [0.717, 1.165) is 23.1 Å². The molecule has 0 radical (unpaired) electrons. The first kappa shape index (κ1) is 13.5. The molecule has 1 heterocycles. The third kappa shape index (κ3) is 4.05. The maximum atomic E-state index is 11.6. The monoisotopic (exact) mass is 256 g/mol. The number of aromatic nitrogens is 1. The van der Waals surface area contributed by atoms with Gasteiger partial charge in [0.2, 0.25) is 5.91 Å². The van der Waals surface area contributed by atoms with Gasteiger partial charge in [0, 0.05) is 24.0 Å². The highest BCUT2D eigenvalue weighted by Gasteiger charge is 2.04. The number of carbonyl (C=O) groups is 1. The number of benzene rings is 1. The first-order valence-electron chi connectivity index (χ1n) is 6.76. The number of carbonyl (C=O) groups excluding carboxylic acids is 1. The predicted molar refractivity (Wildman–Crippen MR) is 77.9 cm³/mol. The van der Waals surface area contributed by atoms with Crippen molar-refractivity contribution in [3.63, 3.8) is 0 Å². The van der Waals surface area contributed by atoms with E-state index < -0.39 is 0 Å². The number of fused-ring (bicyclic) bond motifs is 1. The zero-order valence-electron chi connectivity index (χ0n) is 11.5. The van der Waals surface area contributed by atoms with Crippen molar-refractivity contribution < 1.29 is 4.79 Å². The SMILES string of the molecule is CC(C)CNC(=O)CCc1ccc2ccccc2n1. The molecule has 0 bridgehead atoms. The Morgan fingerprint density at radius 2 is 2.00 bits per heavy atom. The molecule has 3 heteroatoms. The summed E-state index contributed by atoms with van der Waals surface area (Å²) in [5, 5.41) is 4.06. The predicted octanol–water partition coefficient (Wildman–Crippen LogP) is 2.94. The zero-order chi connectivity index (χ0) is 13.7. The zero-order valence-corrected chi connectivity index (χ0v) is 11.5. The van der Waals surface area contributed by atoms with Crippen LogP contribution in [0.15, 0.2) is 36.4 Å². The summed E-state index contributed by atoms with van der Waals surface area (Å²) in [6, 6.07) is 12.1. The minimum Gasteiger partial charge on any atom is -0.356 e. The summed E-state index contributed by atoms with van der Waals surface area (Å²) in [6.07, 6.45) is 1.19. The van der Waals surface area contributed by atoms with Crippen LogP contribution in [0, 0.1) is 5.92 Å². The van der Waals surface area contributed by atoms with Gasteiger partial charge in [-0.2, -0.15) is 0 Å². The van der Waals surface area contributed by atoms with Crippen LogP contribution in [-0.2, 0) is 11.2 Å². The molecule has 0 unspecified atom stereocenters. The average Bonchev–Trinajstić information content (AvgIpc) is 2.42. The second-order valence-corrected chi connectivity index (χ2v) is 5.19. The number of hydrogen-bond acceptors (Lipinski definition) is 2. The number of nitrogens with zero attached hydrogens (tertiary/aromatic N) is 1. The van der Waals surface area contributed by atoms with Crippen LogP contribution < -0.4 is 5.32 Å². The van der Waals surface area contributed by atoms with Gasteiger partial charge in [-0.25, -0.2) is 0 Å². The van der Waals surface area contributed by atoms with Crippen molar-refractivity contribution in [2.45, 2.75) is 26.7 Å². The van der Waals surface area contributed by atoms with Gasteiger partial charge in [0.05, 0.1) is 5.52 Å². The van der Waals surface area contributed by atoms with Crippen molar-refractivity contribution in [1.29, 1.82) is 0 Å². The summed E-state index contributed by atoms with van der Waals surface area (Å²) in [5.41, 5.74) is 1.96. The molecule has 0 fully saturated rings. The fourth-order valence-corrected chi connectivity index (χ4v) is 1.90. The Kier molecular flexibility index (Phi) is 4.50. The molecule has 0 spiro atoms. The molecule has 1 amide bonds. The molecule has 1 aromatic heterocycles. The van der Waals surface area contributed by atoms with Gasteiger partial charge in [-0.15, -0.1) is 0 Å². The summed E-state index contributed by atoms with van der Waals surface area (Å²) in [7, 11) is 0. The normalized spacial score (nSPS) is 10.9. The Hall–Kier alpha value is -1.90. The van der Waals surface area contributed by atoms with Crippen molar-refractivity contribution in [3.8, 4) is 0 Å². The van der Waals surface area contributed by atoms with Crippen LogP contribution in [0.4, 0.5) is 0 Å². The van der Waals surface area contributed by atoms with Gasteiger partial charge >= 0.3 is 0 Å². The molecule has 0 aliphatic heterocycles. The highest BCUT2D eigenvalue weighted by molar-refractivity contribution is 5.79. The molecule has 2 rings (SSSR count). The highest BCUT2D eigenvalue weighted by atomic mass is 16.1. The molecule has 0 aliphatic carbocycles. The van der Waals surface area contributed by atoms with Crippen LogP contribution in [0.5, 0.6) is 0 Å². The van der Waals surface area contributed by atoms with Crippen molar-refractivity contribution in [3.05, 3.63) is 42.1 Å². The van der Waals surface area contributed by atoms with Crippen molar-refractivity contribution in [1.82, 2.24) is 10.3 Å². The Morgan fingerprint density at radius 3 is 2.79 bits per heavy atom. The van der Waals surface area contributed by atoms with Crippen LogP contribution in [0.3, 0.4) is 0 Å². The van der Waals surface area contributed by atoms with Gasteiger partial charge in [0.25, 0.3) is 0 Å². The molecule has 1 aromatic carbocycles. The molecule has 0 atom stereocenters. The third-order valence-electron chi connectivity index (χ3n) is 2.97. The largest absolute Gasteiger partial charge is 0.356 e. The molecular formula is C16H20N2O. The maximum Gasteiger partial charge on any atom is 0.220 e. The standard InChI is InChI=1S/C16H20N2O/c1-12(2)11-17-16(19)10-9-14-8-7-13-5-3-4-6-15(13)18-14/h3-8,12H,9-11H2,1-2H3,(H,17,19). The molecule has 0 saturated carbocycles. The Balaban J connectivity index is 1.92. The van der Waals surface area contributed by atoms with E-state index in [-0.39, 0.29) is 5.91 Å². The number of pyridine rings is 1. The van der Waals surface area contributed by atoms with Gasteiger partial charge < -0.3 is 5.32 Å². The number of nitrogens with one attached hydrogen (secondary N) is 1. The van der Waals surface area contributed by atoms with Crippen molar-refractivity contribution >= 4 is 16.8 Å². The van der Waals surface area contributed by atoms with E-state index in [9.17, 15) is 4.79 Å². The van der Waals surface area contributed by atoms with Gasteiger partial charge in [-0.1, -0.05) is 38.1 Å². The lowest BCUT2D eigenvalue weighted by Crippen LogP contribution is -2.27. The summed E-state index contributed by atoms with van der Waals surface area (Å²) < 4.78 is 0. The highest BCUT2D eigenvalue weighted by Crippen LogP contribution is 2.12. The minimum absolute atomic E-state index is 0.101. The lowest BCUT2D eigenvalue weighted by Gasteiger charge is -2.07. The molecule has 3 nitrogen and oxygen atoms in total. The summed E-state index contributed by atoms with van der Waals surface area (Å²) in [4.78, 5) is 16.2. The van der Waals surface area contributed by atoms with Gasteiger partial charge in [-0.3, -0.25) is 9.78 Å². The molecule has 0 saturated heterocycles. The van der Waals surface area contributed by atoms with Crippen LogP contribution in [0.2, 0.25) is 0 Å². The van der Waals surface area contributed by atoms with E-state index in [0.29, 0.717) is 18.8 Å².